The van der Waals surface area contributed by atoms with E-state index in [2.05, 4.69) is 13.8 Å². The Morgan fingerprint density at radius 1 is 1.00 bits per heavy atom. The van der Waals surface area contributed by atoms with Crippen molar-refractivity contribution in [2.75, 3.05) is 0 Å². The van der Waals surface area contributed by atoms with Crippen LogP contribution in [0.3, 0.4) is 0 Å². The summed E-state index contributed by atoms with van der Waals surface area (Å²) in [6, 6.07) is 0. The van der Waals surface area contributed by atoms with Crippen molar-refractivity contribution in [2.45, 2.75) is 83.2 Å². The van der Waals surface area contributed by atoms with E-state index >= 15 is 0 Å². The second-order valence-corrected chi connectivity index (χ2v) is 6.85. The highest BCUT2D eigenvalue weighted by Gasteiger charge is 2.53. The van der Waals surface area contributed by atoms with Crippen LogP contribution in [0.5, 0.6) is 0 Å². The molecule has 19 heavy (non-hydrogen) atoms. The third-order valence-electron chi connectivity index (χ3n) is 5.03. The van der Waals surface area contributed by atoms with Gasteiger partial charge in [0.2, 0.25) is 5.79 Å². The summed E-state index contributed by atoms with van der Waals surface area (Å²) in [4.78, 5) is 12.8. The predicted octanol–water partition coefficient (Wildman–Crippen LogP) is 3.46. The molecule has 3 heteroatoms. The van der Waals surface area contributed by atoms with Crippen molar-refractivity contribution in [1.29, 1.82) is 0 Å². The number of carbonyl (C=O) groups is 1. The normalized spacial score (nSPS) is 47.8. The fourth-order valence-corrected chi connectivity index (χ4v) is 4.31. The van der Waals surface area contributed by atoms with E-state index in [1.54, 1.807) is 0 Å². The fraction of sp³-hybridized carbons (Fsp3) is 0.938. The molecule has 3 nitrogen and oxygen atoms in total. The Morgan fingerprint density at radius 2 is 1.68 bits per heavy atom. The molecule has 108 valence electrons. The SMILES string of the molecule is C[C@@H]1C[C@@H](C)OC2(C[C@@H]3CCCCC[C@@H](C3)C2=O)O1. The van der Waals surface area contributed by atoms with Gasteiger partial charge in [0.25, 0.3) is 0 Å². The summed E-state index contributed by atoms with van der Waals surface area (Å²) >= 11 is 0. The lowest BCUT2D eigenvalue weighted by Crippen LogP contribution is -2.58. The van der Waals surface area contributed by atoms with Crippen molar-refractivity contribution in [2.24, 2.45) is 11.8 Å². The molecule has 3 fully saturated rings. The monoisotopic (exact) mass is 266 g/mol. The molecule has 1 aliphatic heterocycles. The Balaban J connectivity index is 1.85. The third kappa shape index (κ3) is 2.59. The minimum absolute atomic E-state index is 0.134. The number of carbonyl (C=O) groups excluding carboxylic acids is 1. The van der Waals surface area contributed by atoms with Crippen LogP contribution in [0.15, 0.2) is 0 Å². The number of Topliss-reactive ketones (excluding diaryl/α,β-unsaturated/α-hetero) is 1. The molecule has 0 aromatic carbocycles. The smallest absolute Gasteiger partial charge is 0.229 e. The molecule has 0 aromatic rings. The second kappa shape index (κ2) is 5.17. The van der Waals surface area contributed by atoms with E-state index in [1.165, 1.54) is 25.7 Å². The maximum absolute atomic E-state index is 12.8. The average Bonchev–Trinajstić information content (AvgIpc) is 2.29. The van der Waals surface area contributed by atoms with Gasteiger partial charge in [-0.3, -0.25) is 4.79 Å². The number of ketones is 1. The topological polar surface area (TPSA) is 35.5 Å². The van der Waals surface area contributed by atoms with Gasteiger partial charge in [0.15, 0.2) is 5.78 Å². The number of hydrogen-bond acceptors (Lipinski definition) is 3. The van der Waals surface area contributed by atoms with E-state index in [4.69, 9.17) is 9.47 Å². The molecule has 1 saturated heterocycles. The van der Waals surface area contributed by atoms with Crippen molar-refractivity contribution in [3.05, 3.63) is 0 Å². The van der Waals surface area contributed by atoms with Gasteiger partial charge in [-0.25, -0.2) is 0 Å². The summed E-state index contributed by atoms with van der Waals surface area (Å²) in [6.07, 6.45) is 9.05. The Kier molecular flexibility index (Phi) is 3.69. The standard InChI is InChI=1S/C16H26O3/c1-11-8-12(2)19-16(18-11)10-13-6-4-3-5-7-14(9-13)15(16)17/h11-14H,3-10H2,1-2H3/t11-,12-,13-,14+/m1/s1. The molecule has 3 aliphatic rings. The predicted molar refractivity (Wildman–Crippen MR) is 72.7 cm³/mol. The molecule has 1 spiro atoms. The first-order chi connectivity index (χ1) is 9.09. The Morgan fingerprint density at radius 3 is 2.42 bits per heavy atom. The van der Waals surface area contributed by atoms with Gasteiger partial charge in [-0.15, -0.1) is 0 Å². The Bertz CT molecular complexity index is 342. The van der Waals surface area contributed by atoms with Crippen molar-refractivity contribution < 1.29 is 14.3 Å². The molecule has 1 heterocycles. The highest BCUT2D eigenvalue weighted by Crippen LogP contribution is 2.45. The highest BCUT2D eigenvalue weighted by atomic mass is 16.7. The summed E-state index contributed by atoms with van der Waals surface area (Å²) in [5.74, 6) is 0.128. The van der Waals surface area contributed by atoms with Crippen LogP contribution in [0.4, 0.5) is 0 Å². The summed E-state index contributed by atoms with van der Waals surface area (Å²) in [5, 5.41) is 0. The van der Waals surface area contributed by atoms with Gasteiger partial charge >= 0.3 is 0 Å². The van der Waals surface area contributed by atoms with Crippen LogP contribution >= 0.6 is 0 Å². The summed E-state index contributed by atoms with van der Waals surface area (Å²) < 4.78 is 12.1. The second-order valence-electron chi connectivity index (χ2n) is 6.85. The van der Waals surface area contributed by atoms with Crippen LogP contribution in [-0.2, 0) is 14.3 Å². The first-order valence-corrected chi connectivity index (χ1v) is 7.99. The van der Waals surface area contributed by atoms with Crippen LogP contribution < -0.4 is 0 Å². The molecule has 3 rings (SSSR count). The number of hydrogen-bond donors (Lipinski definition) is 0. The first kappa shape index (κ1) is 13.6. The van der Waals surface area contributed by atoms with Crippen molar-refractivity contribution in [1.82, 2.24) is 0 Å². The molecular formula is C16H26O3. The highest BCUT2D eigenvalue weighted by molar-refractivity contribution is 5.89. The van der Waals surface area contributed by atoms with Crippen LogP contribution in [0.2, 0.25) is 0 Å². The Hall–Kier alpha value is -0.410. The average molecular weight is 266 g/mol. The number of ether oxygens (including phenoxy) is 2. The van der Waals surface area contributed by atoms with Gasteiger partial charge in [-0.1, -0.05) is 25.7 Å². The number of rotatable bonds is 0. The molecule has 2 bridgehead atoms. The lowest BCUT2D eigenvalue weighted by molar-refractivity contribution is -0.307. The third-order valence-corrected chi connectivity index (χ3v) is 5.03. The van der Waals surface area contributed by atoms with Gasteiger partial charge in [0.1, 0.15) is 0 Å². The zero-order valence-electron chi connectivity index (χ0n) is 12.2. The largest absolute Gasteiger partial charge is 0.340 e. The maximum atomic E-state index is 12.8. The van der Waals surface area contributed by atoms with E-state index in [0.29, 0.717) is 5.92 Å². The van der Waals surface area contributed by atoms with Crippen molar-refractivity contribution in [3.63, 3.8) is 0 Å². The zero-order chi connectivity index (χ0) is 13.5. The molecule has 4 atom stereocenters. The molecule has 0 amide bonds. The van der Waals surface area contributed by atoms with Gasteiger partial charge in [-0.05, 0) is 39.0 Å². The molecule has 0 radical (unpaired) electrons. The summed E-state index contributed by atoms with van der Waals surface area (Å²) in [6.45, 7) is 4.14. The summed E-state index contributed by atoms with van der Waals surface area (Å²) in [5.41, 5.74) is 0. The fourth-order valence-electron chi connectivity index (χ4n) is 4.31. The van der Waals surface area contributed by atoms with Crippen LogP contribution in [-0.4, -0.2) is 23.8 Å². The van der Waals surface area contributed by atoms with E-state index in [-0.39, 0.29) is 23.9 Å². The van der Waals surface area contributed by atoms with E-state index in [9.17, 15) is 4.79 Å². The molecule has 0 unspecified atom stereocenters. The molecule has 0 N–H and O–H groups in total. The Labute approximate surface area is 116 Å². The molecular weight excluding hydrogens is 240 g/mol. The first-order valence-electron chi connectivity index (χ1n) is 7.99. The molecule has 0 aromatic heterocycles. The minimum Gasteiger partial charge on any atom is -0.340 e. The minimum atomic E-state index is -0.901. The summed E-state index contributed by atoms with van der Waals surface area (Å²) in [7, 11) is 0. The van der Waals surface area contributed by atoms with Crippen LogP contribution in [0.25, 0.3) is 0 Å². The van der Waals surface area contributed by atoms with E-state index < -0.39 is 5.79 Å². The lowest BCUT2D eigenvalue weighted by Gasteiger charge is -2.48. The van der Waals surface area contributed by atoms with Gasteiger partial charge < -0.3 is 9.47 Å². The van der Waals surface area contributed by atoms with Gasteiger partial charge in [0, 0.05) is 12.3 Å². The van der Waals surface area contributed by atoms with E-state index in [1.807, 2.05) is 0 Å². The van der Waals surface area contributed by atoms with Crippen LogP contribution in [0, 0.1) is 11.8 Å². The zero-order valence-corrected chi connectivity index (χ0v) is 12.2. The quantitative estimate of drug-likeness (QED) is 0.673. The van der Waals surface area contributed by atoms with Gasteiger partial charge in [-0.2, -0.15) is 0 Å². The van der Waals surface area contributed by atoms with Crippen molar-refractivity contribution in [3.8, 4) is 0 Å². The van der Waals surface area contributed by atoms with Gasteiger partial charge in [0.05, 0.1) is 12.2 Å². The maximum Gasteiger partial charge on any atom is 0.229 e. The lowest BCUT2D eigenvalue weighted by atomic mass is 9.71. The van der Waals surface area contributed by atoms with Crippen molar-refractivity contribution >= 4 is 5.78 Å². The van der Waals surface area contributed by atoms with Crippen LogP contribution in [0.1, 0.15) is 65.2 Å². The molecule has 2 saturated carbocycles. The number of fused-ring (bicyclic) bond motifs is 2. The molecule has 2 aliphatic carbocycles. The van der Waals surface area contributed by atoms with E-state index in [0.717, 1.165) is 25.7 Å².